The molecular formula is C19H24N2O4S. The number of ether oxygens (including phenoxy) is 1. The lowest BCUT2D eigenvalue weighted by Gasteiger charge is -2.24. The molecule has 1 unspecified atom stereocenters. The van der Waals surface area contributed by atoms with E-state index in [2.05, 4.69) is 4.98 Å². The van der Waals surface area contributed by atoms with Crippen molar-refractivity contribution < 1.29 is 18.3 Å². The van der Waals surface area contributed by atoms with Crippen LogP contribution in [0.1, 0.15) is 48.1 Å². The number of anilines is 2. The summed E-state index contributed by atoms with van der Waals surface area (Å²) in [6, 6.07) is 8.87. The third-order valence-corrected chi connectivity index (χ3v) is 4.67. The van der Waals surface area contributed by atoms with E-state index in [0.29, 0.717) is 29.9 Å². The van der Waals surface area contributed by atoms with E-state index >= 15 is 0 Å². The number of rotatable bonds is 7. The van der Waals surface area contributed by atoms with E-state index in [1.807, 2.05) is 32.9 Å². The maximum absolute atomic E-state index is 12.6. The van der Waals surface area contributed by atoms with Crippen LogP contribution in [0.25, 0.3) is 0 Å². The van der Waals surface area contributed by atoms with Gasteiger partial charge in [0.1, 0.15) is 5.56 Å². The normalized spacial score (nSPS) is 11.9. The lowest BCUT2D eigenvalue weighted by Crippen LogP contribution is -2.24. The topological polar surface area (TPSA) is 79.7 Å². The first-order valence-electron chi connectivity index (χ1n) is 8.60. The van der Waals surface area contributed by atoms with Gasteiger partial charge in [-0.25, -0.2) is 13.3 Å². The Balaban J connectivity index is 2.74. The van der Waals surface area contributed by atoms with Gasteiger partial charge >= 0.3 is 5.97 Å². The zero-order valence-corrected chi connectivity index (χ0v) is 16.3. The number of aromatic nitrogens is 1. The maximum Gasteiger partial charge on any atom is 0.342 e. The first-order valence-corrected chi connectivity index (χ1v) is 9.66. The number of carbonyl (C=O) groups excluding carboxylic acids is 1. The zero-order chi connectivity index (χ0) is 19.3. The van der Waals surface area contributed by atoms with Crippen LogP contribution in [0.5, 0.6) is 0 Å². The third-order valence-electron chi connectivity index (χ3n) is 3.95. The van der Waals surface area contributed by atoms with Gasteiger partial charge in [0.2, 0.25) is 0 Å². The lowest BCUT2D eigenvalue weighted by atomic mass is 10.1. The highest BCUT2D eigenvalue weighted by atomic mass is 32.2. The van der Waals surface area contributed by atoms with Crippen molar-refractivity contribution in [1.29, 1.82) is 0 Å². The molecule has 2 rings (SSSR count). The van der Waals surface area contributed by atoms with Gasteiger partial charge in [-0.2, -0.15) is 0 Å². The van der Waals surface area contributed by atoms with Crippen LogP contribution in [0, 0.1) is 6.92 Å². The fourth-order valence-electron chi connectivity index (χ4n) is 2.66. The lowest BCUT2D eigenvalue weighted by molar-refractivity contribution is 0.0525. The first-order chi connectivity index (χ1) is 12.4. The molecule has 140 valence electrons. The Morgan fingerprint density at radius 3 is 2.35 bits per heavy atom. The number of esters is 1. The SMILES string of the molecule is CCOC(=O)c1c(N(c2ccc(C)cc2)S(=O)O)cc(CC)nc1CC. The van der Waals surface area contributed by atoms with Crippen LogP contribution in [0.3, 0.4) is 0 Å². The van der Waals surface area contributed by atoms with Crippen LogP contribution in [0.15, 0.2) is 30.3 Å². The van der Waals surface area contributed by atoms with E-state index in [0.717, 1.165) is 11.3 Å². The van der Waals surface area contributed by atoms with Gasteiger partial charge in [-0.05, 0) is 44.9 Å². The Labute approximate surface area is 156 Å². The number of hydrogen-bond acceptors (Lipinski definition) is 4. The van der Waals surface area contributed by atoms with E-state index in [-0.39, 0.29) is 12.2 Å². The molecule has 0 bridgehead atoms. The summed E-state index contributed by atoms with van der Waals surface area (Å²) < 4.78 is 28.6. The molecule has 0 saturated heterocycles. The molecule has 0 saturated carbocycles. The van der Waals surface area contributed by atoms with E-state index in [4.69, 9.17) is 4.74 Å². The van der Waals surface area contributed by atoms with Gasteiger partial charge in [0.25, 0.3) is 11.3 Å². The van der Waals surface area contributed by atoms with Gasteiger partial charge in [-0.1, -0.05) is 31.5 Å². The Morgan fingerprint density at radius 1 is 1.19 bits per heavy atom. The molecule has 1 heterocycles. The highest BCUT2D eigenvalue weighted by Gasteiger charge is 2.27. The Kier molecular flexibility index (Phi) is 6.88. The van der Waals surface area contributed by atoms with Crippen LogP contribution in [-0.2, 0) is 28.8 Å². The molecule has 6 nitrogen and oxygen atoms in total. The van der Waals surface area contributed by atoms with Gasteiger partial charge in [-0.15, -0.1) is 0 Å². The van der Waals surface area contributed by atoms with Crippen LogP contribution >= 0.6 is 0 Å². The molecule has 26 heavy (non-hydrogen) atoms. The molecule has 1 N–H and O–H groups in total. The van der Waals surface area contributed by atoms with Crippen molar-refractivity contribution in [1.82, 2.24) is 4.98 Å². The molecule has 0 aliphatic rings. The second-order valence-electron chi connectivity index (χ2n) is 5.74. The van der Waals surface area contributed by atoms with Gasteiger partial charge in [0.15, 0.2) is 0 Å². The van der Waals surface area contributed by atoms with Crippen molar-refractivity contribution in [2.45, 2.75) is 40.5 Å². The van der Waals surface area contributed by atoms with Crippen LogP contribution in [-0.4, -0.2) is 26.3 Å². The molecule has 1 atom stereocenters. The van der Waals surface area contributed by atoms with E-state index in [1.165, 1.54) is 4.31 Å². The Hall–Kier alpha value is -2.25. The van der Waals surface area contributed by atoms with Gasteiger partial charge in [0, 0.05) is 5.69 Å². The van der Waals surface area contributed by atoms with Crippen molar-refractivity contribution >= 4 is 28.6 Å². The van der Waals surface area contributed by atoms with Crippen molar-refractivity contribution in [2.75, 3.05) is 10.9 Å². The number of carbonyl (C=O) groups is 1. The largest absolute Gasteiger partial charge is 0.462 e. The minimum Gasteiger partial charge on any atom is -0.462 e. The van der Waals surface area contributed by atoms with Crippen molar-refractivity contribution in [3.05, 3.63) is 52.8 Å². The fourth-order valence-corrected chi connectivity index (χ4v) is 3.27. The van der Waals surface area contributed by atoms with E-state index in [9.17, 15) is 13.6 Å². The number of hydrogen-bond donors (Lipinski definition) is 1. The monoisotopic (exact) mass is 376 g/mol. The second kappa shape index (κ2) is 8.91. The van der Waals surface area contributed by atoms with Crippen LogP contribution < -0.4 is 4.31 Å². The Morgan fingerprint density at radius 2 is 1.85 bits per heavy atom. The summed E-state index contributed by atoms with van der Waals surface area (Å²) >= 11 is -2.37. The summed E-state index contributed by atoms with van der Waals surface area (Å²) in [6.07, 6.45) is 1.15. The number of nitrogens with zero attached hydrogens (tertiary/aromatic N) is 2. The number of aryl methyl sites for hydroxylation is 3. The molecule has 0 fully saturated rings. The second-order valence-corrected chi connectivity index (χ2v) is 6.57. The standard InChI is InChI=1S/C19H24N2O4S/c1-5-14-12-17(18(16(6-2)20-14)19(22)25-7-3)21(26(23)24)15-10-8-13(4)9-11-15/h8-12H,5-7H2,1-4H3,(H,23,24). The van der Waals surface area contributed by atoms with Gasteiger partial charge < -0.3 is 4.74 Å². The number of pyridine rings is 1. The molecule has 1 aromatic carbocycles. The summed E-state index contributed by atoms with van der Waals surface area (Å²) in [5, 5.41) is 0. The predicted molar refractivity (Wildman–Crippen MR) is 103 cm³/mol. The molecule has 0 aliphatic carbocycles. The van der Waals surface area contributed by atoms with E-state index in [1.54, 1.807) is 25.1 Å². The van der Waals surface area contributed by atoms with E-state index < -0.39 is 17.2 Å². The summed E-state index contributed by atoms with van der Waals surface area (Å²) in [6.45, 7) is 7.70. The Bertz CT molecular complexity index is 806. The summed E-state index contributed by atoms with van der Waals surface area (Å²) in [7, 11) is 0. The zero-order valence-electron chi connectivity index (χ0n) is 15.5. The van der Waals surface area contributed by atoms with Gasteiger partial charge in [-0.3, -0.25) is 9.54 Å². The smallest absolute Gasteiger partial charge is 0.342 e. The van der Waals surface area contributed by atoms with Crippen LogP contribution in [0.4, 0.5) is 11.4 Å². The highest BCUT2D eigenvalue weighted by molar-refractivity contribution is 7.81. The number of benzene rings is 1. The molecule has 7 heteroatoms. The van der Waals surface area contributed by atoms with Crippen LogP contribution in [0.2, 0.25) is 0 Å². The predicted octanol–water partition coefficient (Wildman–Crippen LogP) is 3.97. The fraction of sp³-hybridized carbons (Fsp3) is 0.368. The summed E-state index contributed by atoms with van der Waals surface area (Å²) in [4.78, 5) is 17.1. The molecule has 1 aromatic heterocycles. The quantitative estimate of drug-likeness (QED) is 0.584. The van der Waals surface area contributed by atoms with Crippen molar-refractivity contribution in [3.8, 4) is 0 Å². The summed E-state index contributed by atoms with van der Waals surface area (Å²) in [5.74, 6) is -0.544. The minimum absolute atomic E-state index is 0.212. The highest BCUT2D eigenvalue weighted by Crippen LogP contribution is 2.33. The summed E-state index contributed by atoms with van der Waals surface area (Å²) in [5.41, 5.74) is 3.40. The average Bonchev–Trinajstić information content (AvgIpc) is 2.62. The van der Waals surface area contributed by atoms with Crippen molar-refractivity contribution in [2.24, 2.45) is 0 Å². The molecular weight excluding hydrogens is 352 g/mol. The van der Waals surface area contributed by atoms with Crippen molar-refractivity contribution in [3.63, 3.8) is 0 Å². The maximum atomic E-state index is 12.6. The molecule has 2 aromatic rings. The minimum atomic E-state index is -2.37. The molecule has 0 spiro atoms. The molecule has 0 aliphatic heterocycles. The molecule has 0 radical (unpaired) electrons. The first kappa shape index (κ1) is 20.1. The third kappa shape index (κ3) is 4.28. The average molecular weight is 376 g/mol. The molecule has 0 amide bonds. The van der Waals surface area contributed by atoms with Gasteiger partial charge in [0.05, 0.1) is 23.7 Å².